The first kappa shape index (κ1) is 18.3. The summed E-state index contributed by atoms with van der Waals surface area (Å²) in [5.41, 5.74) is 2.03. The van der Waals surface area contributed by atoms with Crippen LogP contribution >= 0.6 is 11.3 Å². The molecule has 0 aliphatic carbocycles. The summed E-state index contributed by atoms with van der Waals surface area (Å²) in [6.45, 7) is 6.43. The quantitative estimate of drug-likeness (QED) is 0.494. The second-order valence-electron chi connectivity index (χ2n) is 7.08. The number of thiazole rings is 1. The highest BCUT2D eigenvalue weighted by molar-refractivity contribution is 7.20. The number of aromatic nitrogens is 1. The maximum absolute atomic E-state index is 6.00. The number of hydrogen-bond acceptors (Lipinski definition) is 5. The summed E-state index contributed by atoms with van der Waals surface area (Å²) in [7, 11) is 0. The first-order valence-corrected chi connectivity index (χ1v) is 10.6. The number of hydrogen-bond donors (Lipinski definition) is 0. The van der Waals surface area contributed by atoms with Crippen molar-refractivity contribution >= 4 is 21.6 Å². The van der Waals surface area contributed by atoms with Gasteiger partial charge < -0.3 is 14.4 Å². The Morgan fingerprint density at radius 2 is 1.93 bits per heavy atom. The molecule has 1 fully saturated rings. The van der Waals surface area contributed by atoms with E-state index in [1.165, 1.54) is 32.4 Å². The zero-order chi connectivity index (χ0) is 18.5. The van der Waals surface area contributed by atoms with Crippen LogP contribution in [0.4, 0.5) is 0 Å². The van der Waals surface area contributed by atoms with Gasteiger partial charge in [0.2, 0.25) is 0 Å². The zero-order valence-electron chi connectivity index (χ0n) is 15.8. The van der Waals surface area contributed by atoms with Gasteiger partial charge in [-0.2, -0.15) is 0 Å². The lowest BCUT2D eigenvalue weighted by molar-refractivity contribution is 0.205. The summed E-state index contributed by atoms with van der Waals surface area (Å²) >= 11 is 1.57. The van der Waals surface area contributed by atoms with Gasteiger partial charge in [-0.1, -0.05) is 29.9 Å². The van der Waals surface area contributed by atoms with E-state index in [1.807, 2.05) is 43.3 Å². The highest BCUT2D eigenvalue weighted by Gasteiger charge is 2.10. The summed E-state index contributed by atoms with van der Waals surface area (Å²) in [5, 5.41) is 0.675. The van der Waals surface area contributed by atoms with Gasteiger partial charge in [0.05, 0.1) is 16.8 Å². The van der Waals surface area contributed by atoms with Crippen LogP contribution in [0, 0.1) is 6.92 Å². The maximum atomic E-state index is 6.00. The van der Waals surface area contributed by atoms with Gasteiger partial charge in [-0.05, 0) is 75.2 Å². The predicted octanol–water partition coefficient (Wildman–Crippen LogP) is 5.65. The molecule has 2 heterocycles. The van der Waals surface area contributed by atoms with E-state index in [2.05, 4.69) is 16.0 Å². The summed E-state index contributed by atoms with van der Waals surface area (Å²) < 4.78 is 13.1. The predicted molar refractivity (Wildman–Crippen MR) is 111 cm³/mol. The Hall–Kier alpha value is -2.11. The van der Waals surface area contributed by atoms with Gasteiger partial charge in [-0.15, -0.1) is 0 Å². The van der Waals surface area contributed by atoms with Crippen molar-refractivity contribution in [2.45, 2.75) is 32.6 Å². The topological polar surface area (TPSA) is 34.6 Å². The normalized spacial score (nSPS) is 15.1. The Morgan fingerprint density at radius 1 is 1.07 bits per heavy atom. The number of likely N-dealkylation sites (tertiary alicyclic amines) is 1. The van der Waals surface area contributed by atoms with Gasteiger partial charge in [0.25, 0.3) is 5.19 Å². The van der Waals surface area contributed by atoms with Crippen LogP contribution in [0.2, 0.25) is 0 Å². The molecule has 1 aliphatic heterocycles. The van der Waals surface area contributed by atoms with Gasteiger partial charge in [-0.3, -0.25) is 0 Å². The second-order valence-corrected chi connectivity index (χ2v) is 8.07. The molecule has 1 saturated heterocycles. The number of aryl methyl sites for hydroxylation is 1. The van der Waals surface area contributed by atoms with Crippen LogP contribution in [-0.2, 0) is 0 Å². The molecule has 0 unspecified atom stereocenters. The van der Waals surface area contributed by atoms with E-state index in [-0.39, 0.29) is 0 Å². The van der Waals surface area contributed by atoms with Crippen LogP contribution in [-0.4, -0.2) is 36.1 Å². The van der Waals surface area contributed by atoms with Gasteiger partial charge in [-0.25, -0.2) is 4.98 Å². The summed E-state index contributed by atoms with van der Waals surface area (Å²) in [6.07, 6.45) is 5.15. The maximum Gasteiger partial charge on any atom is 0.279 e. The van der Waals surface area contributed by atoms with Gasteiger partial charge in [0.15, 0.2) is 0 Å². The van der Waals surface area contributed by atoms with Crippen LogP contribution in [0.3, 0.4) is 0 Å². The van der Waals surface area contributed by atoms with Crippen LogP contribution in [0.5, 0.6) is 16.7 Å². The molecule has 0 saturated carbocycles. The number of benzene rings is 2. The third kappa shape index (κ3) is 4.79. The summed E-state index contributed by atoms with van der Waals surface area (Å²) in [6, 6.07) is 14.1. The number of fused-ring (bicyclic) bond motifs is 1. The van der Waals surface area contributed by atoms with Crippen molar-refractivity contribution in [2.75, 3.05) is 26.2 Å². The number of rotatable bonds is 7. The van der Waals surface area contributed by atoms with Crippen molar-refractivity contribution in [1.82, 2.24) is 9.88 Å². The minimum absolute atomic E-state index is 0.675. The lowest BCUT2D eigenvalue weighted by atomic mass is 10.1. The fourth-order valence-corrected chi connectivity index (χ4v) is 4.30. The van der Waals surface area contributed by atoms with E-state index in [0.717, 1.165) is 46.9 Å². The molecule has 0 bridgehead atoms. The molecule has 27 heavy (non-hydrogen) atoms. The molecule has 0 spiro atoms. The lowest BCUT2D eigenvalue weighted by Gasteiger charge is -2.26. The van der Waals surface area contributed by atoms with E-state index in [1.54, 1.807) is 11.3 Å². The standard InChI is InChI=1S/C22H26N2O2S/c1-17-16-18(25-15-7-14-24-12-5-2-6-13-24)10-11-20(17)26-22-23-19-8-3-4-9-21(19)27-22/h3-4,8-11,16H,2,5-7,12-15H2,1H3. The Bertz CT molecular complexity index is 854. The molecule has 0 radical (unpaired) electrons. The van der Waals surface area contributed by atoms with Gasteiger partial charge in [0, 0.05) is 6.54 Å². The Balaban J connectivity index is 1.30. The van der Waals surface area contributed by atoms with Crippen LogP contribution in [0.1, 0.15) is 31.2 Å². The average molecular weight is 383 g/mol. The molecular formula is C22H26N2O2S. The molecule has 142 valence electrons. The Kier molecular flexibility index (Phi) is 5.90. The highest BCUT2D eigenvalue weighted by Crippen LogP contribution is 2.33. The zero-order valence-corrected chi connectivity index (χ0v) is 16.6. The molecule has 0 N–H and O–H groups in total. The molecule has 5 heteroatoms. The fraction of sp³-hybridized carbons (Fsp3) is 0.409. The Labute approximate surface area is 164 Å². The molecule has 4 nitrogen and oxygen atoms in total. The van der Waals surface area contributed by atoms with Crippen LogP contribution in [0.25, 0.3) is 10.2 Å². The molecule has 0 amide bonds. The second kappa shape index (κ2) is 8.72. The van der Waals surface area contributed by atoms with Gasteiger partial charge >= 0.3 is 0 Å². The molecule has 4 rings (SSSR count). The molecule has 0 atom stereocenters. The van der Waals surface area contributed by atoms with Crippen molar-refractivity contribution < 1.29 is 9.47 Å². The number of para-hydroxylation sites is 1. The molecule has 1 aliphatic rings. The number of nitrogens with zero attached hydrogens (tertiary/aromatic N) is 2. The van der Waals surface area contributed by atoms with Crippen molar-refractivity contribution in [3.63, 3.8) is 0 Å². The van der Waals surface area contributed by atoms with E-state index in [9.17, 15) is 0 Å². The summed E-state index contributed by atoms with van der Waals surface area (Å²) in [4.78, 5) is 7.09. The highest BCUT2D eigenvalue weighted by atomic mass is 32.1. The van der Waals surface area contributed by atoms with E-state index >= 15 is 0 Å². The molecule has 2 aromatic carbocycles. The number of ether oxygens (including phenoxy) is 2. The smallest absolute Gasteiger partial charge is 0.279 e. The monoisotopic (exact) mass is 382 g/mol. The van der Waals surface area contributed by atoms with E-state index < -0.39 is 0 Å². The Morgan fingerprint density at radius 3 is 2.74 bits per heavy atom. The van der Waals surface area contributed by atoms with Crippen molar-refractivity contribution in [3.05, 3.63) is 48.0 Å². The lowest BCUT2D eigenvalue weighted by Crippen LogP contribution is -2.31. The van der Waals surface area contributed by atoms with Crippen molar-refractivity contribution in [3.8, 4) is 16.7 Å². The number of piperidine rings is 1. The molecular weight excluding hydrogens is 356 g/mol. The SMILES string of the molecule is Cc1cc(OCCCN2CCCCC2)ccc1Oc1nc2ccccc2s1. The largest absolute Gasteiger partial charge is 0.494 e. The van der Waals surface area contributed by atoms with Crippen LogP contribution in [0.15, 0.2) is 42.5 Å². The molecule has 1 aromatic heterocycles. The minimum Gasteiger partial charge on any atom is -0.494 e. The summed E-state index contributed by atoms with van der Waals surface area (Å²) in [5.74, 6) is 1.73. The third-order valence-corrected chi connectivity index (χ3v) is 5.87. The van der Waals surface area contributed by atoms with Crippen molar-refractivity contribution in [1.29, 1.82) is 0 Å². The third-order valence-electron chi connectivity index (χ3n) is 4.95. The fourth-order valence-electron chi connectivity index (χ4n) is 3.48. The average Bonchev–Trinajstić information content (AvgIpc) is 3.10. The minimum atomic E-state index is 0.675. The van der Waals surface area contributed by atoms with E-state index in [4.69, 9.17) is 9.47 Å². The first-order valence-electron chi connectivity index (χ1n) is 9.77. The van der Waals surface area contributed by atoms with Crippen molar-refractivity contribution in [2.24, 2.45) is 0 Å². The van der Waals surface area contributed by atoms with Gasteiger partial charge in [0.1, 0.15) is 11.5 Å². The first-order chi connectivity index (χ1) is 13.3. The van der Waals surface area contributed by atoms with Crippen LogP contribution < -0.4 is 9.47 Å². The van der Waals surface area contributed by atoms with E-state index in [0.29, 0.717) is 5.19 Å². The molecule has 3 aromatic rings.